The van der Waals surface area contributed by atoms with Crippen molar-refractivity contribution in [1.29, 1.82) is 0 Å². The highest BCUT2D eigenvalue weighted by Gasteiger charge is 2.23. The molecular weight excluding hydrogens is 438 g/mol. The maximum Gasteiger partial charge on any atom is 0.258 e. The quantitative estimate of drug-likeness (QED) is 0.579. The molecule has 1 atom stereocenters. The zero-order valence-corrected chi connectivity index (χ0v) is 17.6. The molecule has 1 fully saturated rings. The SMILES string of the molecule is CCC(Oc1cccc(N2CCN(c3ncnc4n[nH]c(Br)c34)CC2)c1)C(N)=O. The lowest BCUT2D eigenvalue weighted by atomic mass is 10.2. The Bertz CT molecular complexity index is 1020. The molecule has 1 aliphatic rings. The number of primary amides is 1. The predicted molar refractivity (Wildman–Crippen MR) is 114 cm³/mol. The molecule has 2 aromatic heterocycles. The number of carbonyl (C=O) groups excluding carboxylic acids is 1. The molecule has 9 nitrogen and oxygen atoms in total. The molecule has 1 saturated heterocycles. The van der Waals surface area contributed by atoms with Crippen LogP contribution in [0.2, 0.25) is 0 Å². The Balaban J connectivity index is 1.46. The molecule has 1 amide bonds. The van der Waals surface area contributed by atoms with Crippen LogP contribution in [0.25, 0.3) is 11.0 Å². The maximum atomic E-state index is 11.5. The Labute approximate surface area is 176 Å². The van der Waals surface area contributed by atoms with Crippen LogP contribution in [0.1, 0.15) is 13.3 Å². The van der Waals surface area contributed by atoms with Crippen LogP contribution in [0.5, 0.6) is 5.75 Å². The standard InChI is InChI=1S/C19H22BrN7O2/c1-2-14(17(21)28)29-13-5-3-4-12(10-13)26-6-8-27(9-7-26)19-15-16(20)24-25-18(15)22-11-23-19/h3-5,10-11,14H,2,6-9H2,1H3,(H2,21,28)(H,22,23,24,25). The van der Waals surface area contributed by atoms with Crippen LogP contribution in [-0.4, -0.2) is 58.4 Å². The fourth-order valence-corrected chi connectivity index (χ4v) is 3.93. The summed E-state index contributed by atoms with van der Waals surface area (Å²) in [6.45, 7) is 5.16. The minimum atomic E-state index is -0.615. The highest BCUT2D eigenvalue weighted by atomic mass is 79.9. The normalized spacial score (nSPS) is 15.5. The monoisotopic (exact) mass is 459 g/mol. The van der Waals surface area contributed by atoms with Gasteiger partial charge in [-0.05, 0) is 34.5 Å². The number of aromatic nitrogens is 4. The first-order valence-electron chi connectivity index (χ1n) is 9.47. The fourth-order valence-electron chi connectivity index (χ4n) is 3.48. The smallest absolute Gasteiger partial charge is 0.258 e. The number of carbonyl (C=O) groups is 1. The number of benzene rings is 1. The van der Waals surface area contributed by atoms with E-state index in [0.717, 1.165) is 47.7 Å². The first kappa shape index (κ1) is 19.4. The van der Waals surface area contributed by atoms with Crippen molar-refractivity contribution in [3.63, 3.8) is 0 Å². The van der Waals surface area contributed by atoms with Crippen LogP contribution in [0, 0.1) is 0 Å². The van der Waals surface area contributed by atoms with Crippen molar-refractivity contribution >= 4 is 44.4 Å². The lowest BCUT2D eigenvalue weighted by Crippen LogP contribution is -2.47. The Hall–Kier alpha value is -2.88. The number of hydrogen-bond donors (Lipinski definition) is 2. The van der Waals surface area contributed by atoms with Crippen molar-refractivity contribution in [2.75, 3.05) is 36.0 Å². The number of halogens is 1. The van der Waals surface area contributed by atoms with Crippen molar-refractivity contribution in [2.24, 2.45) is 5.73 Å². The topological polar surface area (TPSA) is 113 Å². The van der Waals surface area contributed by atoms with Gasteiger partial charge in [-0.25, -0.2) is 9.97 Å². The van der Waals surface area contributed by atoms with Crippen LogP contribution in [0.3, 0.4) is 0 Å². The average molecular weight is 460 g/mol. The minimum Gasteiger partial charge on any atom is -0.481 e. The molecule has 3 N–H and O–H groups in total. The Morgan fingerprint density at radius 1 is 1.28 bits per heavy atom. The van der Waals surface area contributed by atoms with E-state index >= 15 is 0 Å². The fraction of sp³-hybridized carbons (Fsp3) is 0.368. The lowest BCUT2D eigenvalue weighted by Gasteiger charge is -2.37. The number of hydrogen-bond acceptors (Lipinski definition) is 7. The van der Waals surface area contributed by atoms with Crippen LogP contribution < -0.4 is 20.3 Å². The van der Waals surface area contributed by atoms with E-state index in [1.54, 1.807) is 6.33 Å². The molecule has 1 aliphatic heterocycles. The molecule has 0 saturated carbocycles. The van der Waals surface area contributed by atoms with E-state index in [-0.39, 0.29) is 0 Å². The third kappa shape index (κ3) is 3.98. The number of H-pyrrole nitrogens is 1. The number of anilines is 2. The van der Waals surface area contributed by atoms with Gasteiger partial charge in [0, 0.05) is 37.9 Å². The third-order valence-corrected chi connectivity index (χ3v) is 5.59. The molecule has 1 aromatic carbocycles. The average Bonchev–Trinajstić information content (AvgIpc) is 3.13. The number of ether oxygens (including phenoxy) is 1. The van der Waals surface area contributed by atoms with Gasteiger partial charge in [0.15, 0.2) is 11.8 Å². The molecule has 3 heterocycles. The van der Waals surface area contributed by atoms with E-state index in [9.17, 15) is 4.79 Å². The minimum absolute atomic E-state index is 0.451. The van der Waals surface area contributed by atoms with E-state index in [1.807, 2.05) is 31.2 Å². The second-order valence-corrected chi connectivity index (χ2v) is 7.62. The van der Waals surface area contributed by atoms with Crippen molar-refractivity contribution < 1.29 is 9.53 Å². The number of rotatable bonds is 6. The number of nitrogens with one attached hydrogen (secondary N) is 1. The Morgan fingerprint density at radius 3 is 2.76 bits per heavy atom. The molecule has 0 bridgehead atoms. The Morgan fingerprint density at radius 2 is 2.03 bits per heavy atom. The molecule has 1 unspecified atom stereocenters. The van der Waals surface area contributed by atoms with Gasteiger partial charge in [0.2, 0.25) is 0 Å². The van der Waals surface area contributed by atoms with Gasteiger partial charge < -0.3 is 20.3 Å². The summed E-state index contributed by atoms with van der Waals surface area (Å²) in [5, 5.41) is 7.98. The molecule has 152 valence electrons. The molecule has 29 heavy (non-hydrogen) atoms. The maximum absolute atomic E-state index is 11.5. The van der Waals surface area contributed by atoms with E-state index < -0.39 is 12.0 Å². The summed E-state index contributed by atoms with van der Waals surface area (Å²) in [5.74, 6) is 1.07. The van der Waals surface area contributed by atoms with Crippen molar-refractivity contribution in [3.05, 3.63) is 35.2 Å². The van der Waals surface area contributed by atoms with Gasteiger partial charge in [-0.1, -0.05) is 13.0 Å². The Kier molecular flexibility index (Phi) is 5.52. The lowest BCUT2D eigenvalue weighted by molar-refractivity contribution is -0.124. The highest BCUT2D eigenvalue weighted by Crippen LogP contribution is 2.30. The summed E-state index contributed by atoms with van der Waals surface area (Å²) in [6.07, 6.45) is 1.46. The summed E-state index contributed by atoms with van der Waals surface area (Å²) in [7, 11) is 0. The summed E-state index contributed by atoms with van der Waals surface area (Å²) in [4.78, 5) is 24.7. The van der Waals surface area contributed by atoms with Crippen molar-refractivity contribution in [2.45, 2.75) is 19.4 Å². The van der Waals surface area contributed by atoms with Crippen LogP contribution in [-0.2, 0) is 4.79 Å². The number of nitrogens with zero attached hydrogens (tertiary/aromatic N) is 5. The molecule has 0 radical (unpaired) electrons. The van der Waals surface area contributed by atoms with Gasteiger partial charge in [0.25, 0.3) is 5.91 Å². The van der Waals surface area contributed by atoms with Gasteiger partial charge >= 0.3 is 0 Å². The molecular formula is C19H22BrN7O2. The van der Waals surface area contributed by atoms with Gasteiger partial charge in [0.1, 0.15) is 22.5 Å². The van der Waals surface area contributed by atoms with Gasteiger partial charge in [-0.3, -0.25) is 9.89 Å². The number of aromatic amines is 1. The molecule has 10 heteroatoms. The number of amides is 1. The van der Waals surface area contributed by atoms with E-state index in [2.05, 4.69) is 45.9 Å². The first-order valence-corrected chi connectivity index (χ1v) is 10.3. The zero-order chi connectivity index (χ0) is 20.4. The van der Waals surface area contributed by atoms with E-state index in [4.69, 9.17) is 10.5 Å². The van der Waals surface area contributed by atoms with E-state index in [0.29, 0.717) is 17.8 Å². The zero-order valence-electron chi connectivity index (χ0n) is 16.0. The van der Waals surface area contributed by atoms with Gasteiger partial charge in [-0.15, -0.1) is 0 Å². The van der Waals surface area contributed by atoms with Crippen molar-refractivity contribution in [1.82, 2.24) is 20.2 Å². The summed E-state index contributed by atoms with van der Waals surface area (Å²) in [5.41, 5.74) is 7.09. The van der Waals surface area contributed by atoms with Gasteiger partial charge in [-0.2, -0.15) is 5.10 Å². The summed E-state index contributed by atoms with van der Waals surface area (Å²) >= 11 is 3.49. The molecule has 3 aromatic rings. The first-order chi connectivity index (χ1) is 14.1. The van der Waals surface area contributed by atoms with Gasteiger partial charge in [0.05, 0.1) is 5.39 Å². The van der Waals surface area contributed by atoms with Crippen molar-refractivity contribution in [3.8, 4) is 5.75 Å². The molecule has 0 spiro atoms. The summed E-state index contributed by atoms with van der Waals surface area (Å²) in [6, 6.07) is 7.78. The molecule has 0 aliphatic carbocycles. The number of nitrogens with two attached hydrogens (primary N) is 1. The highest BCUT2D eigenvalue weighted by molar-refractivity contribution is 9.10. The second kappa shape index (κ2) is 8.24. The third-order valence-electron chi connectivity index (χ3n) is 5.02. The van der Waals surface area contributed by atoms with Crippen LogP contribution in [0.15, 0.2) is 35.2 Å². The second-order valence-electron chi connectivity index (χ2n) is 6.82. The largest absolute Gasteiger partial charge is 0.481 e. The molecule has 4 rings (SSSR count). The number of fused-ring (bicyclic) bond motifs is 1. The van der Waals surface area contributed by atoms with E-state index in [1.165, 1.54) is 0 Å². The summed E-state index contributed by atoms with van der Waals surface area (Å²) < 4.78 is 6.54. The van der Waals surface area contributed by atoms with Crippen LogP contribution >= 0.6 is 15.9 Å². The predicted octanol–water partition coefficient (Wildman–Crippen LogP) is 2.08. The van der Waals surface area contributed by atoms with Crippen LogP contribution in [0.4, 0.5) is 11.5 Å². The number of piperazine rings is 1.